The van der Waals surface area contributed by atoms with Gasteiger partial charge in [0.15, 0.2) is 6.04 Å². The number of likely N-dealkylation sites (tertiary alicyclic amines) is 1. The van der Waals surface area contributed by atoms with Crippen molar-refractivity contribution in [2.24, 2.45) is 11.8 Å². The van der Waals surface area contributed by atoms with E-state index in [-0.39, 0.29) is 30.2 Å². The van der Waals surface area contributed by atoms with Gasteiger partial charge >= 0.3 is 6.18 Å². The summed E-state index contributed by atoms with van der Waals surface area (Å²) in [5.74, 6) is 0.857. The highest BCUT2D eigenvalue weighted by Gasteiger charge is 2.47. The summed E-state index contributed by atoms with van der Waals surface area (Å²) in [7, 11) is 0. The van der Waals surface area contributed by atoms with Crippen LogP contribution in [0.1, 0.15) is 50.3 Å². The molecule has 0 bridgehead atoms. The molecule has 1 aromatic heterocycles. The van der Waals surface area contributed by atoms with Crippen LogP contribution in [-0.4, -0.2) is 45.9 Å². The molecule has 1 saturated heterocycles. The van der Waals surface area contributed by atoms with Crippen molar-refractivity contribution in [3.8, 4) is 0 Å². The van der Waals surface area contributed by atoms with Gasteiger partial charge < -0.3 is 10.2 Å². The number of rotatable bonds is 2. The third kappa shape index (κ3) is 3.78. The number of anilines is 1. The topological polar surface area (TPSA) is 50.2 Å². The van der Waals surface area contributed by atoms with Gasteiger partial charge in [-0.1, -0.05) is 12.2 Å². The van der Waals surface area contributed by atoms with E-state index in [0.717, 1.165) is 36.8 Å². The molecule has 1 unspecified atom stereocenters. The maximum absolute atomic E-state index is 13.6. The normalized spacial score (nSPS) is 28.7. The molecule has 28 heavy (non-hydrogen) atoms. The highest BCUT2D eigenvalue weighted by molar-refractivity contribution is 5.79. The third-order valence-electron chi connectivity index (χ3n) is 6.38. The highest BCUT2D eigenvalue weighted by Crippen LogP contribution is 2.42. The molecule has 154 valence electrons. The van der Waals surface area contributed by atoms with E-state index in [9.17, 15) is 18.0 Å². The Labute approximate surface area is 163 Å². The minimum atomic E-state index is -4.32. The molecular weight excluding hydrogens is 369 g/mol. The van der Waals surface area contributed by atoms with E-state index >= 15 is 0 Å². The number of allylic oxidation sites excluding steroid dienone is 2. The van der Waals surface area contributed by atoms with E-state index in [2.05, 4.69) is 22.6 Å². The lowest BCUT2D eigenvalue weighted by Gasteiger charge is -2.41. The number of carbonyl (C=O) groups excluding carboxylic acids is 1. The second-order valence-electron chi connectivity index (χ2n) is 8.30. The minimum Gasteiger partial charge on any atom is -0.367 e. The number of carbonyl (C=O) groups is 1. The first kappa shape index (κ1) is 19.3. The second-order valence-corrected chi connectivity index (χ2v) is 8.30. The van der Waals surface area contributed by atoms with Crippen LogP contribution in [0.3, 0.4) is 0 Å². The molecule has 1 aliphatic carbocycles. The average Bonchev–Trinajstić information content (AvgIpc) is 3.06. The zero-order valence-corrected chi connectivity index (χ0v) is 16.1. The van der Waals surface area contributed by atoms with Crippen molar-refractivity contribution in [3.05, 3.63) is 23.9 Å². The van der Waals surface area contributed by atoms with Crippen LogP contribution in [0.5, 0.6) is 0 Å². The van der Waals surface area contributed by atoms with Crippen LogP contribution >= 0.6 is 0 Å². The Morgan fingerprint density at radius 3 is 2.61 bits per heavy atom. The fourth-order valence-corrected chi connectivity index (χ4v) is 4.83. The Morgan fingerprint density at radius 1 is 1.21 bits per heavy atom. The van der Waals surface area contributed by atoms with Crippen LogP contribution < -0.4 is 5.32 Å². The van der Waals surface area contributed by atoms with Crippen molar-refractivity contribution in [2.45, 2.75) is 63.7 Å². The number of nitrogens with one attached hydrogen (secondary N) is 1. The number of nitrogens with zero attached hydrogens (tertiary/aromatic N) is 3. The van der Waals surface area contributed by atoms with Gasteiger partial charge in [0.1, 0.15) is 5.82 Å². The van der Waals surface area contributed by atoms with Gasteiger partial charge in [-0.25, -0.2) is 4.68 Å². The Hall–Kier alpha value is -1.99. The Morgan fingerprint density at radius 2 is 1.96 bits per heavy atom. The van der Waals surface area contributed by atoms with E-state index in [1.54, 1.807) is 13.0 Å². The van der Waals surface area contributed by atoms with Gasteiger partial charge in [-0.05, 0) is 51.4 Å². The lowest BCUT2D eigenvalue weighted by molar-refractivity contribution is -0.174. The molecule has 5 nitrogen and oxygen atoms in total. The van der Waals surface area contributed by atoms with Gasteiger partial charge in [0.2, 0.25) is 5.91 Å². The van der Waals surface area contributed by atoms with Gasteiger partial charge in [0, 0.05) is 31.1 Å². The van der Waals surface area contributed by atoms with Gasteiger partial charge in [0.25, 0.3) is 0 Å². The number of piperidine rings is 1. The summed E-state index contributed by atoms with van der Waals surface area (Å²) in [6.45, 7) is 2.98. The molecule has 0 aromatic carbocycles. The molecule has 0 spiro atoms. The lowest BCUT2D eigenvalue weighted by atomic mass is 9.84. The first-order valence-corrected chi connectivity index (χ1v) is 10.2. The summed E-state index contributed by atoms with van der Waals surface area (Å²) < 4.78 is 41.9. The maximum atomic E-state index is 13.6. The van der Waals surface area contributed by atoms with Crippen molar-refractivity contribution in [3.63, 3.8) is 0 Å². The van der Waals surface area contributed by atoms with E-state index in [1.807, 2.05) is 4.90 Å². The predicted octanol–water partition coefficient (Wildman–Crippen LogP) is 4.07. The largest absolute Gasteiger partial charge is 0.410 e. The van der Waals surface area contributed by atoms with Gasteiger partial charge in [-0.2, -0.15) is 18.3 Å². The minimum absolute atomic E-state index is 0.0103. The number of aromatic nitrogens is 2. The van der Waals surface area contributed by atoms with Crippen LogP contribution in [0.15, 0.2) is 18.2 Å². The summed E-state index contributed by atoms with van der Waals surface area (Å²) >= 11 is 0. The number of hydrogen-bond donors (Lipinski definition) is 1. The van der Waals surface area contributed by atoms with Crippen molar-refractivity contribution in [1.82, 2.24) is 14.7 Å². The summed E-state index contributed by atoms with van der Waals surface area (Å²) in [6.07, 6.45) is 4.00. The number of amides is 1. The summed E-state index contributed by atoms with van der Waals surface area (Å²) in [4.78, 5) is 14.6. The first-order chi connectivity index (χ1) is 13.3. The number of fused-ring (bicyclic) bond motifs is 1. The summed E-state index contributed by atoms with van der Waals surface area (Å²) in [5, 5.41) is 7.33. The highest BCUT2D eigenvalue weighted by atomic mass is 19.4. The van der Waals surface area contributed by atoms with Crippen molar-refractivity contribution in [2.75, 3.05) is 18.4 Å². The molecule has 3 atom stereocenters. The fraction of sp³-hybridized carbons (Fsp3) is 0.700. The molecule has 2 aliphatic heterocycles. The van der Waals surface area contributed by atoms with Gasteiger partial charge in [0.05, 0.1) is 5.69 Å². The number of hydrogen-bond acceptors (Lipinski definition) is 3. The molecular formula is C20H27F3N4O. The lowest BCUT2D eigenvalue weighted by Crippen LogP contribution is -2.48. The molecule has 1 aromatic rings. The Balaban J connectivity index is 1.41. The van der Waals surface area contributed by atoms with Crippen molar-refractivity contribution < 1.29 is 18.0 Å². The quantitative estimate of drug-likeness (QED) is 0.767. The average molecular weight is 396 g/mol. The predicted molar refractivity (Wildman–Crippen MR) is 99.9 cm³/mol. The molecule has 3 heterocycles. The molecule has 1 amide bonds. The van der Waals surface area contributed by atoms with Crippen LogP contribution in [0.2, 0.25) is 0 Å². The third-order valence-corrected chi connectivity index (χ3v) is 6.38. The van der Waals surface area contributed by atoms with Gasteiger partial charge in [-0.3, -0.25) is 4.79 Å². The number of alkyl halides is 3. The van der Waals surface area contributed by atoms with E-state index in [0.29, 0.717) is 24.6 Å². The van der Waals surface area contributed by atoms with Crippen LogP contribution in [0.25, 0.3) is 0 Å². The monoisotopic (exact) mass is 396 g/mol. The van der Waals surface area contributed by atoms with E-state index in [1.165, 1.54) is 0 Å². The zero-order chi connectivity index (χ0) is 19.9. The van der Waals surface area contributed by atoms with Crippen molar-refractivity contribution >= 4 is 11.7 Å². The van der Waals surface area contributed by atoms with Gasteiger partial charge in [-0.15, -0.1) is 0 Å². The molecule has 0 radical (unpaired) electrons. The Bertz CT molecular complexity index is 749. The van der Waals surface area contributed by atoms with E-state index in [4.69, 9.17) is 0 Å². The fourth-order valence-electron chi connectivity index (χ4n) is 4.83. The standard InChI is InChI=1S/C20H27F3N4O/c1-13-11-18-24-16(12-17(20(21,22)23)27(18)25-13)14-7-9-26(10-8-14)19(28)15-5-3-2-4-6-15/h2-3,11,14-17,24H,4-10,12H2,1H3/t15?,16-,17+/m0/s1. The van der Waals surface area contributed by atoms with E-state index < -0.39 is 12.2 Å². The smallest absolute Gasteiger partial charge is 0.367 e. The Kier molecular flexibility index (Phi) is 5.14. The molecule has 3 aliphatic rings. The molecule has 4 rings (SSSR count). The summed E-state index contributed by atoms with van der Waals surface area (Å²) in [5.41, 5.74) is 0.583. The first-order valence-electron chi connectivity index (χ1n) is 10.2. The molecule has 1 fully saturated rings. The molecule has 0 saturated carbocycles. The maximum Gasteiger partial charge on any atom is 0.410 e. The van der Waals surface area contributed by atoms with Crippen LogP contribution in [-0.2, 0) is 4.79 Å². The zero-order valence-electron chi connectivity index (χ0n) is 16.1. The number of aryl methyl sites for hydroxylation is 1. The summed E-state index contributed by atoms with van der Waals surface area (Å²) in [6, 6.07) is -0.151. The molecule has 8 heteroatoms. The van der Waals surface area contributed by atoms with Crippen LogP contribution in [0, 0.1) is 18.8 Å². The second kappa shape index (κ2) is 7.44. The van der Waals surface area contributed by atoms with Crippen LogP contribution in [0.4, 0.5) is 19.0 Å². The van der Waals surface area contributed by atoms with Crippen molar-refractivity contribution in [1.29, 1.82) is 0 Å². The SMILES string of the molecule is Cc1cc2n(n1)[C@@H](C(F)(F)F)C[C@@H](C1CCN(C(=O)C3CC=CCC3)CC1)N2. The number of halogens is 3. The molecule has 1 N–H and O–H groups in total.